The van der Waals surface area contributed by atoms with Crippen molar-refractivity contribution in [2.75, 3.05) is 7.11 Å². The largest absolute Gasteiger partial charge is 0.508 e. The number of hydrogen-bond donors (Lipinski definition) is 2. The Morgan fingerprint density at radius 1 is 1.29 bits per heavy atom. The highest BCUT2D eigenvalue weighted by atomic mass is 16.5. The number of phenols is 1. The summed E-state index contributed by atoms with van der Waals surface area (Å²) in [7, 11) is 1.46. The summed E-state index contributed by atoms with van der Waals surface area (Å²) in [5.41, 5.74) is -0.123. The Morgan fingerprint density at radius 2 is 1.94 bits per heavy atom. The number of rotatable bonds is 3. The second kappa shape index (κ2) is 4.22. The van der Waals surface area contributed by atoms with E-state index in [-0.39, 0.29) is 17.3 Å². The summed E-state index contributed by atoms with van der Waals surface area (Å²) in [6, 6.07) is 6.59. The lowest BCUT2D eigenvalue weighted by Gasteiger charge is -2.25. The molecule has 4 nitrogen and oxygen atoms in total. The van der Waals surface area contributed by atoms with Gasteiger partial charge in [-0.3, -0.25) is 4.79 Å². The maximum absolute atomic E-state index is 11.8. The van der Waals surface area contributed by atoms with Gasteiger partial charge in [0.05, 0.1) is 0 Å². The molecule has 0 aliphatic heterocycles. The minimum atomic E-state index is -0.999. The quantitative estimate of drug-likeness (QED) is 0.835. The number of aliphatic hydroxyl groups excluding tert-OH is 1. The minimum absolute atomic E-state index is 0.180. The van der Waals surface area contributed by atoms with E-state index in [1.54, 1.807) is 24.3 Å². The Balaban J connectivity index is 2.22. The Hall–Kier alpha value is -1.81. The van der Waals surface area contributed by atoms with Gasteiger partial charge in [0.1, 0.15) is 11.4 Å². The number of methoxy groups -OCH3 is 1. The average molecular weight is 234 g/mol. The van der Waals surface area contributed by atoms with Crippen molar-refractivity contribution in [3.8, 4) is 5.75 Å². The smallest absolute Gasteiger partial charge is 0.229 e. The van der Waals surface area contributed by atoms with Crippen LogP contribution in [0.1, 0.15) is 12.0 Å². The molecule has 0 spiro atoms. The zero-order valence-electron chi connectivity index (χ0n) is 9.51. The van der Waals surface area contributed by atoms with Crippen LogP contribution in [0.15, 0.2) is 36.1 Å². The zero-order valence-corrected chi connectivity index (χ0v) is 9.51. The standard InChI is InChI=1S/C13H14O4/c1-17-13(7-6-11(15)12(13)16)8-9-2-4-10(14)5-3-9/h2-6,14-15H,7-8H2,1H3/t13-/m1/s1. The van der Waals surface area contributed by atoms with Crippen molar-refractivity contribution < 1.29 is 19.7 Å². The number of benzene rings is 1. The first kappa shape index (κ1) is 11.7. The summed E-state index contributed by atoms with van der Waals surface area (Å²) < 4.78 is 5.29. The maximum atomic E-state index is 11.8. The summed E-state index contributed by atoms with van der Waals surface area (Å²) >= 11 is 0. The molecule has 0 heterocycles. The van der Waals surface area contributed by atoms with E-state index < -0.39 is 5.60 Å². The number of aromatic hydroxyl groups is 1. The Kier molecular flexibility index (Phi) is 2.90. The molecule has 0 saturated carbocycles. The van der Waals surface area contributed by atoms with Gasteiger partial charge in [-0.25, -0.2) is 0 Å². The van der Waals surface area contributed by atoms with E-state index in [2.05, 4.69) is 0 Å². The maximum Gasteiger partial charge on any atom is 0.229 e. The van der Waals surface area contributed by atoms with E-state index in [9.17, 15) is 15.0 Å². The van der Waals surface area contributed by atoms with Crippen LogP contribution in [0.4, 0.5) is 0 Å². The molecule has 2 rings (SSSR count). The first-order valence-corrected chi connectivity index (χ1v) is 5.34. The van der Waals surface area contributed by atoms with Crippen LogP contribution in [0.25, 0.3) is 0 Å². The Labute approximate surface area is 99.2 Å². The summed E-state index contributed by atoms with van der Waals surface area (Å²) in [5.74, 6) is -0.433. The number of hydrogen-bond acceptors (Lipinski definition) is 4. The predicted molar refractivity (Wildman–Crippen MR) is 61.9 cm³/mol. The topological polar surface area (TPSA) is 66.8 Å². The Morgan fingerprint density at radius 3 is 2.41 bits per heavy atom. The molecule has 1 aromatic carbocycles. The second-order valence-corrected chi connectivity index (χ2v) is 4.16. The fraction of sp³-hybridized carbons (Fsp3) is 0.308. The normalized spacial score (nSPS) is 23.8. The van der Waals surface area contributed by atoms with Crippen LogP contribution in [0.2, 0.25) is 0 Å². The highest BCUT2D eigenvalue weighted by molar-refractivity contribution is 6.02. The van der Waals surface area contributed by atoms with Gasteiger partial charge in [0.15, 0.2) is 5.76 Å². The molecule has 0 unspecified atom stereocenters. The highest BCUT2D eigenvalue weighted by Crippen LogP contribution is 2.31. The lowest BCUT2D eigenvalue weighted by Crippen LogP contribution is -2.40. The fourth-order valence-corrected chi connectivity index (χ4v) is 2.02. The average Bonchev–Trinajstić information content (AvgIpc) is 2.61. The van der Waals surface area contributed by atoms with E-state index in [0.29, 0.717) is 12.8 Å². The monoisotopic (exact) mass is 234 g/mol. The van der Waals surface area contributed by atoms with Crippen LogP contribution in [0, 0.1) is 0 Å². The molecular weight excluding hydrogens is 220 g/mol. The number of ether oxygens (including phenoxy) is 1. The second-order valence-electron chi connectivity index (χ2n) is 4.16. The van der Waals surface area contributed by atoms with E-state index >= 15 is 0 Å². The van der Waals surface area contributed by atoms with Crippen molar-refractivity contribution in [2.24, 2.45) is 0 Å². The van der Waals surface area contributed by atoms with Gasteiger partial charge in [-0.05, 0) is 23.8 Å². The van der Waals surface area contributed by atoms with Gasteiger partial charge in [-0.2, -0.15) is 0 Å². The van der Waals surface area contributed by atoms with Crippen molar-refractivity contribution in [2.45, 2.75) is 18.4 Å². The molecule has 0 amide bonds. The number of aliphatic hydroxyl groups is 1. The van der Waals surface area contributed by atoms with Gasteiger partial charge in [-0.15, -0.1) is 0 Å². The zero-order chi connectivity index (χ0) is 12.5. The summed E-state index contributed by atoms with van der Waals surface area (Å²) in [5, 5.41) is 18.6. The number of Topliss-reactive ketones (excluding diaryl/α,β-unsaturated/α-hetero) is 1. The van der Waals surface area contributed by atoms with Gasteiger partial charge in [0, 0.05) is 20.0 Å². The number of ketones is 1. The lowest BCUT2D eigenvalue weighted by atomic mass is 9.91. The van der Waals surface area contributed by atoms with Gasteiger partial charge in [0.2, 0.25) is 5.78 Å². The van der Waals surface area contributed by atoms with Crippen molar-refractivity contribution in [1.82, 2.24) is 0 Å². The number of carbonyl (C=O) groups excluding carboxylic acids is 1. The lowest BCUT2D eigenvalue weighted by molar-refractivity contribution is -0.137. The molecule has 17 heavy (non-hydrogen) atoms. The van der Waals surface area contributed by atoms with E-state index in [4.69, 9.17) is 4.74 Å². The van der Waals surface area contributed by atoms with Gasteiger partial charge in [0.25, 0.3) is 0 Å². The van der Waals surface area contributed by atoms with Crippen molar-refractivity contribution in [3.05, 3.63) is 41.7 Å². The number of phenolic OH excluding ortho intramolecular Hbond substituents is 1. The molecule has 4 heteroatoms. The van der Waals surface area contributed by atoms with Crippen LogP contribution >= 0.6 is 0 Å². The van der Waals surface area contributed by atoms with Crippen LogP contribution in [0.5, 0.6) is 5.75 Å². The van der Waals surface area contributed by atoms with Crippen LogP contribution in [-0.4, -0.2) is 28.7 Å². The Bertz CT molecular complexity index is 461. The molecule has 1 aliphatic rings. The summed E-state index contributed by atoms with van der Waals surface area (Å²) in [4.78, 5) is 11.8. The van der Waals surface area contributed by atoms with E-state index in [0.717, 1.165) is 5.56 Å². The summed E-state index contributed by atoms with van der Waals surface area (Å²) in [6.07, 6.45) is 2.23. The molecule has 1 aliphatic carbocycles. The van der Waals surface area contributed by atoms with Crippen LogP contribution < -0.4 is 0 Å². The van der Waals surface area contributed by atoms with Gasteiger partial charge in [-0.1, -0.05) is 12.1 Å². The van der Waals surface area contributed by atoms with Crippen LogP contribution in [-0.2, 0) is 16.0 Å². The molecular formula is C13H14O4. The minimum Gasteiger partial charge on any atom is -0.508 e. The van der Waals surface area contributed by atoms with E-state index in [1.807, 2.05) is 0 Å². The van der Waals surface area contributed by atoms with E-state index in [1.165, 1.54) is 13.2 Å². The molecule has 90 valence electrons. The SMILES string of the molecule is CO[C@@]1(Cc2ccc(O)cc2)CC=C(O)C1=O. The fourth-order valence-electron chi connectivity index (χ4n) is 2.02. The third-order valence-corrected chi connectivity index (χ3v) is 3.09. The van der Waals surface area contributed by atoms with Crippen molar-refractivity contribution in [3.63, 3.8) is 0 Å². The molecule has 0 saturated heterocycles. The molecule has 2 N–H and O–H groups in total. The van der Waals surface area contributed by atoms with Crippen molar-refractivity contribution >= 4 is 5.78 Å². The molecule has 0 aromatic heterocycles. The third kappa shape index (κ3) is 2.03. The number of carbonyl (C=O) groups is 1. The molecule has 0 radical (unpaired) electrons. The van der Waals surface area contributed by atoms with Gasteiger partial charge >= 0.3 is 0 Å². The van der Waals surface area contributed by atoms with Gasteiger partial charge < -0.3 is 14.9 Å². The molecule has 1 atom stereocenters. The first-order chi connectivity index (χ1) is 8.07. The molecule has 1 aromatic rings. The predicted octanol–water partition coefficient (Wildman–Crippen LogP) is 1.73. The summed E-state index contributed by atoms with van der Waals surface area (Å²) in [6.45, 7) is 0. The highest BCUT2D eigenvalue weighted by Gasteiger charge is 2.44. The van der Waals surface area contributed by atoms with Crippen LogP contribution in [0.3, 0.4) is 0 Å². The van der Waals surface area contributed by atoms with Crippen molar-refractivity contribution in [1.29, 1.82) is 0 Å². The molecule has 0 fully saturated rings. The first-order valence-electron chi connectivity index (χ1n) is 5.34. The molecule has 0 bridgehead atoms. The third-order valence-electron chi connectivity index (χ3n) is 3.09.